The highest BCUT2D eigenvalue weighted by Gasteiger charge is 2.18. The molecular weight excluding hydrogens is 309 g/mol. The fourth-order valence-corrected chi connectivity index (χ4v) is 2.46. The van der Waals surface area contributed by atoms with Crippen LogP contribution in [-0.2, 0) is 11.3 Å². The number of benzene rings is 1. The molecular formula is C12H9Cl2NO3S. The first-order valence-electron chi connectivity index (χ1n) is 5.22. The number of thiazole rings is 1. The van der Waals surface area contributed by atoms with Crippen LogP contribution >= 0.6 is 34.5 Å². The minimum atomic E-state index is -0.524. The molecule has 0 saturated carbocycles. The minimum absolute atomic E-state index is 0.0861. The largest absolute Gasteiger partial charge is 0.465 e. The first-order valence-corrected chi connectivity index (χ1v) is 6.79. The van der Waals surface area contributed by atoms with Crippen molar-refractivity contribution in [3.05, 3.63) is 44.9 Å². The van der Waals surface area contributed by atoms with Crippen LogP contribution in [0.15, 0.2) is 24.3 Å². The van der Waals surface area contributed by atoms with Crippen LogP contribution in [0, 0.1) is 0 Å². The van der Waals surface area contributed by atoms with Crippen LogP contribution < -0.4 is 4.74 Å². The molecule has 0 amide bonds. The Bertz CT molecular complexity index is 583. The number of hydrogen-bond acceptors (Lipinski definition) is 5. The molecule has 0 N–H and O–H groups in total. The van der Waals surface area contributed by atoms with Gasteiger partial charge in [0.05, 0.1) is 7.11 Å². The summed E-state index contributed by atoms with van der Waals surface area (Å²) in [5, 5.41) is 1.07. The molecule has 2 aromatic rings. The number of ether oxygens (including phenoxy) is 2. The highest BCUT2D eigenvalue weighted by atomic mass is 35.5. The summed E-state index contributed by atoms with van der Waals surface area (Å²) >= 11 is 12.7. The molecule has 0 aliphatic heterocycles. The van der Waals surface area contributed by atoms with Crippen LogP contribution in [0.2, 0.25) is 10.2 Å². The summed E-state index contributed by atoms with van der Waals surface area (Å²) in [6, 6.07) is 7.24. The van der Waals surface area contributed by atoms with Crippen LogP contribution in [0.4, 0.5) is 0 Å². The van der Waals surface area contributed by atoms with Gasteiger partial charge in [-0.1, -0.05) is 46.7 Å². The predicted molar refractivity (Wildman–Crippen MR) is 74.2 cm³/mol. The van der Waals surface area contributed by atoms with Crippen LogP contribution in [-0.4, -0.2) is 18.1 Å². The SMILES string of the molecule is COC(=O)c1sc(OCc2ccc(Cl)cc2)nc1Cl. The van der Waals surface area contributed by atoms with Gasteiger partial charge in [0.15, 0.2) is 10.0 Å². The number of methoxy groups -OCH3 is 1. The molecule has 1 aromatic carbocycles. The second kappa shape index (κ2) is 6.23. The van der Waals surface area contributed by atoms with Gasteiger partial charge in [-0.15, -0.1) is 0 Å². The Balaban J connectivity index is 2.04. The van der Waals surface area contributed by atoms with Crippen molar-refractivity contribution < 1.29 is 14.3 Å². The predicted octanol–water partition coefficient (Wildman–Crippen LogP) is 3.82. The molecule has 0 bridgehead atoms. The first kappa shape index (κ1) is 14.1. The lowest BCUT2D eigenvalue weighted by atomic mass is 10.2. The Labute approximate surface area is 123 Å². The van der Waals surface area contributed by atoms with Gasteiger partial charge in [-0.05, 0) is 17.7 Å². The average Bonchev–Trinajstić information content (AvgIpc) is 2.78. The molecule has 1 heterocycles. The summed E-state index contributed by atoms with van der Waals surface area (Å²) in [7, 11) is 1.28. The highest BCUT2D eigenvalue weighted by Crippen LogP contribution is 2.29. The van der Waals surface area contributed by atoms with Gasteiger partial charge in [-0.3, -0.25) is 0 Å². The Morgan fingerprint density at radius 2 is 2.00 bits per heavy atom. The number of hydrogen-bond donors (Lipinski definition) is 0. The van der Waals surface area contributed by atoms with Crippen LogP contribution in [0.1, 0.15) is 15.2 Å². The van der Waals surface area contributed by atoms with Crippen molar-refractivity contribution in [1.82, 2.24) is 4.98 Å². The number of nitrogens with zero attached hydrogens (tertiary/aromatic N) is 1. The van der Waals surface area contributed by atoms with Gasteiger partial charge >= 0.3 is 5.97 Å². The Hall–Kier alpha value is -1.30. The van der Waals surface area contributed by atoms with Crippen LogP contribution in [0.5, 0.6) is 5.19 Å². The second-order valence-corrected chi connectivity index (χ2v) is 5.26. The number of esters is 1. The van der Waals surface area contributed by atoms with E-state index in [0.29, 0.717) is 16.8 Å². The van der Waals surface area contributed by atoms with Crippen LogP contribution in [0.3, 0.4) is 0 Å². The lowest BCUT2D eigenvalue weighted by Gasteiger charge is -2.02. The normalized spacial score (nSPS) is 10.3. The molecule has 0 saturated heterocycles. The Morgan fingerprint density at radius 3 is 2.63 bits per heavy atom. The molecule has 2 rings (SSSR count). The number of aromatic nitrogens is 1. The molecule has 0 spiro atoms. The van der Waals surface area contributed by atoms with E-state index in [1.807, 2.05) is 12.1 Å². The maximum Gasteiger partial charge on any atom is 0.351 e. The zero-order valence-electron chi connectivity index (χ0n) is 9.85. The zero-order chi connectivity index (χ0) is 13.8. The van der Waals surface area contributed by atoms with E-state index >= 15 is 0 Å². The highest BCUT2D eigenvalue weighted by molar-refractivity contribution is 7.15. The van der Waals surface area contributed by atoms with Gasteiger partial charge in [-0.2, -0.15) is 4.98 Å². The van der Waals surface area contributed by atoms with E-state index < -0.39 is 5.97 Å². The second-order valence-electron chi connectivity index (χ2n) is 3.51. The third-order valence-electron chi connectivity index (χ3n) is 2.21. The summed E-state index contributed by atoms with van der Waals surface area (Å²) in [5.74, 6) is -0.524. The summed E-state index contributed by atoms with van der Waals surface area (Å²) in [5.41, 5.74) is 0.940. The number of carbonyl (C=O) groups excluding carboxylic acids is 1. The smallest absolute Gasteiger partial charge is 0.351 e. The van der Waals surface area contributed by atoms with Gasteiger partial charge in [0, 0.05) is 5.02 Å². The van der Waals surface area contributed by atoms with Crippen molar-refractivity contribution in [2.24, 2.45) is 0 Å². The fraction of sp³-hybridized carbons (Fsp3) is 0.167. The fourth-order valence-electron chi connectivity index (χ4n) is 1.29. The lowest BCUT2D eigenvalue weighted by molar-refractivity contribution is 0.0606. The van der Waals surface area contributed by atoms with E-state index in [-0.39, 0.29) is 10.0 Å². The molecule has 0 atom stereocenters. The molecule has 0 aliphatic carbocycles. The summed E-state index contributed by atoms with van der Waals surface area (Å²) in [4.78, 5) is 15.5. The monoisotopic (exact) mass is 317 g/mol. The van der Waals surface area contributed by atoms with Gasteiger partial charge in [0.25, 0.3) is 5.19 Å². The molecule has 4 nitrogen and oxygen atoms in total. The third-order valence-corrected chi connectivity index (χ3v) is 3.80. The topological polar surface area (TPSA) is 48.4 Å². The summed E-state index contributed by atoms with van der Waals surface area (Å²) < 4.78 is 10.0. The van der Waals surface area contributed by atoms with E-state index in [9.17, 15) is 4.79 Å². The maximum atomic E-state index is 11.4. The van der Waals surface area contributed by atoms with Crippen molar-refractivity contribution in [3.8, 4) is 5.19 Å². The Morgan fingerprint density at radius 1 is 1.32 bits per heavy atom. The lowest BCUT2D eigenvalue weighted by Crippen LogP contribution is -1.98. The number of carbonyl (C=O) groups is 1. The molecule has 7 heteroatoms. The quantitative estimate of drug-likeness (QED) is 0.804. The van der Waals surface area contributed by atoms with E-state index in [0.717, 1.165) is 16.9 Å². The molecule has 1 aromatic heterocycles. The van der Waals surface area contributed by atoms with Crippen molar-refractivity contribution in [2.75, 3.05) is 7.11 Å². The van der Waals surface area contributed by atoms with Gasteiger partial charge < -0.3 is 9.47 Å². The van der Waals surface area contributed by atoms with E-state index in [1.54, 1.807) is 12.1 Å². The van der Waals surface area contributed by atoms with Crippen molar-refractivity contribution in [1.29, 1.82) is 0 Å². The summed E-state index contributed by atoms with van der Waals surface area (Å²) in [6.45, 7) is 0.321. The first-order chi connectivity index (χ1) is 9.10. The van der Waals surface area contributed by atoms with Gasteiger partial charge in [0.2, 0.25) is 0 Å². The molecule has 0 fully saturated rings. The summed E-state index contributed by atoms with van der Waals surface area (Å²) in [6.07, 6.45) is 0. The standard InChI is InChI=1S/C12H9Cl2NO3S/c1-17-11(16)9-10(14)15-12(19-9)18-6-7-2-4-8(13)5-3-7/h2-5H,6H2,1H3. The molecule has 19 heavy (non-hydrogen) atoms. The van der Waals surface area contributed by atoms with Gasteiger partial charge in [0.1, 0.15) is 6.61 Å². The minimum Gasteiger partial charge on any atom is -0.465 e. The van der Waals surface area contributed by atoms with Crippen molar-refractivity contribution >= 4 is 40.5 Å². The number of halogens is 2. The number of rotatable bonds is 4. The average molecular weight is 318 g/mol. The van der Waals surface area contributed by atoms with Crippen LogP contribution in [0.25, 0.3) is 0 Å². The molecule has 0 aliphatic rings. The Kier molecular flexibility index (Phi) is 4.63. The van der Waals surface area contributed by atoms with Gasteiger partial charge in [-0.25, -0.2) is 4.79 Å². The zero-order valence-corrected chi connectivity index (χ0v) is 12.2. The maximum absolute atomic E-state index is 11.4. The van der Waals surface area contributed by atoms with E-state index in [2.05, 4.69) is 9.72 Å². The van der Waals surface area contributed by atoms with E-state index in [4.69, 9.17) is 27.9 Å². The molecule has 100 valence electrons. The van der Waals surface area contributed by atoms with Crippen molar-refractivity contribution in [3.63, 3.8) is 0 Å². The molecule has 0 unspecified atom stereocenters. The van der Waals surface area contributed by atoms with Crippen molar-refractivity contribution in [2.45, 2.75) is 6.61 Å². The molecule has 0 radical (unpaired) electrons. The third kappa shape index (κ3) is 3.59. The van der Waals surface area contributed by atoms with E-state index in [1.165, 1.54) is 7.11 Å².